The number of methoxy groups -OCH3 is 1. The molecule has 2 heteroatoms. The average Bonchev–Trinajstić information content (AvgIpc) is 3.20. The third-order valence-corrected chi connectivity index (χ3v) is 4.91. The summed E-state index contributed by atoms with van der Waals surface area (Å²) in [6.07, 6.45) is 10.1. The maximum atomic E-state index is 5.85. The molecule has 2 unspecified atom stereocenters. The Morgan fingerprint density at radius 1 is 1.06 bits per heavy atom. The third kappa shape index (κ3) is 3.71. The first-order valence-corrected chi connectivity index (χ1v) is 8.02. The Balaban J connectivity index is 1.94. The van der Waals surface area contributed by atoms with Crippen molar-refractivity contribution in [2.45, 2.75) is 70.9 Å². The summed E-state index contributed by atoms with van der Waals surface area (Å²) >= 11 is 0. The zero-order valence-electron chi connectivity index (χ0n) is 12.5. The van der Waals surface area contributed by atoms with Crippen LogP contribution in [0.2, 0.25) is 0 Å². The molecule has 2 saturated carbocycles. The van der Waals surface area contributed by atoms with Gasteiger partial charge in [0.15, 0.2) is 0 Å². The van der Waals surface area contributed by atoms with Crippen molar-refractivity contribution in [3.63, 3.8) is 0 Å². The summed E-state index contributed by atoms with van der Waals surface area (Å²) in [5, 5.41) is 3.80. The van der Waals surface area contributed by atoms with E-state index < -0.39 is 0 Å². The maximum absolute atomic E-state index is 5.85. The van der Waals surface area contributed by atoms with E-state index in [2.05, 4.69) is 19.2 Å². The molecule has 2 aliphatic rings. The highest BCUT2D eigenvalue weighted by atomic mass is 16.5. The Labute approximate surface area is 113 Å². The number of hydrogen-bond acceptors (Lipinski definition) is 2. The van der Waals surface area contributed by atoms with Gasteiger partial charge in [0.1, 0.15) is 0 Å². The molecule has 2 atom stereocenters. The molecule has 18 heavy (non-hydrogen) atoms. The molecule has 0 radical (unpaired) electrons. The van der Waals surface area contributed by atoms with Gasteiger partial charge < -0.3 is 10.1 Å². The fourth-order valence-corrected chi connectivity index (χ4v) is 3.56. The Bertz CT molecular complexity index is 231. The predicted molar refractivity (Wildman–Crippen MR) is 76.7 cm³/mol. The van der Waals surface area contributed by atoms with Crippen LogP contribution >= 0.6 is 0 Å². The van der Waals surface area contributed by atoms with Gasteiger partial charge in [-0.3, -0.25) is 0 Å². The van der Waals surface area contributed by atoms with Crippen LogP contribution in [-0.4, -0.2) is 25.8 Å². The second-order valence-electron chi connectivity index (χ2n) is 6.54. The quantitative estimate of drug-likeness (QED) is 0.748. The summed E-state index contributed by atoms with van der Waals surface area (Å²) in [6, 6.07) is 0.606. The molecule has 1 N–H and O–H groups in total. The minimum atomic E-state index is 0.468. The molecule has 0 aromatic carbocycles. The molecule has 0 aromatic rings. The highest BCUT2D eigenvalue weighted by molar-refractivity contribution is 4.94. The van der Waals surface area contributed by atoms with Crippen molar-refractivity contribution in [1.82, 2.24) is 5.32 Å². The van der Waals surface area contributed by atoms with E-state index in [1.165, 1.54) is 44.9 Å². The lowest BCUT2D eigenvalue weighted by Gasteiger charge is -2.37. The van der Waals surface area contributed by atoms with Crippen LogP contribution in [0.4, 0.5) is 0 Å². The van der Waals surface area contributed by atoms with E-state index >= 15 is 0 Å². The van der Waals surface area contributed by atoms with Crippen molar-refractivity contribution >= 4 is 0 Å². The lowest BCUT2D eigenvalue weighted by molar-refractivity contribution is 0.0215. The van der Waals surface area contributed by atoms with E-state index in [-0.39, 0.29) is 0 Å². The van der Waals surface area contributed by atoms with Crippen molar-refractivity contribution in [2.75, 3.05) is 13.7 Å². The topological polar surface area (TPSA) is 21.3 Å². The molecule has 0 spiro atoms. The van der Waals surface area contributed by atoms with Crippen LogP contribution in [0, 0.1) is 17.8 Å². The van der Waals surface area contributed by atoms with Crippen molar-refractivity contribution in [2.24, 2.45) is 17.8 Å². The fourth-order valence-electron chi connectivity index (χ4n) is 3.56. The second-order valence-corrected chi connectivity index (χ2v) is 6.54. The highest BCUT2D eigenvalue weighted by Gasteiger charge is 2.40. The van der Waals surface area contributed by atoms with Gasteiger partial charge in [0.05, 0.1) is 6.10 Å². The van der Waals surface area contributed by atoms with Crippen molar-refractivity contribution in [3.05, 3.63) is 0 Å². The summed E-state index contributed by atoms with van der Waals surface area (Å²) in [6.45, 7) is 5.80. The first kappa shape index (κ1) is 14.3. The van der Waals surface area contributed by atoms with Gasteiger partial charge in [0.25, 0.3) is 0 Å². The van der Waals surface area contributed by atoms with E-state index in [0.717, 1.165) is 24.3 Å². The van der Waals surface area contributed by atoms with Crippen molar-refractivity contribution in [3.8, 4) is 0 Å². The Morgan fingerprint density at radius 3 is 2.17 bits per heavy atom. The van der Waals surface area contributed by atoms with Crippen LogP contribution in [0.25, 0.3) is 0 Å². The summed E-state index contributed by atoms with van der Waals surface area (Å²) in [5.74, 6) is 2.62. The number of rotatable bonds is 7. The van der Waals surface area contributed by atoms with Crippen molar-refractivity contribution < 1.29 is 4.74 Å². The zero-order valence-corrected chi connectivity index (χ0v) is 12.5. The lowest BCUT2D eigenvalue weighted by Crippen LogP contribution is -2.48. The standard InChI is InChI=1S/C16H31NO/c1-4-11-17-15(16(18-3)14-9-10-14)13-7-5-12(2)6-8-13/h12-17H,4-11H2,1-3H3. The van der Waals surface area contributed by atoms with E-state index in [0.29, 0.717) is 12.1 Å². The Kier molecular flexibility index (Phi) is 5.50. The van der Waals surface area contributed by atoms with Crippen LogP contribution in [0.3, 0.4) is 0 Å². The molecule has 0 amide bonds. The molecular weight excluding hydrogens is 222 g/mol. The SMILES string of the molecule is CCCNC(C1CCC(C)CC1)C(OC)C1CC1. The Hall–Kier alpha value is -0.0800. The minimum Gasteiger partial charge on any atom is -0.380 e. The van der Waals surface area contributed by atoms with Gasteiger partial charge in [-0.15, -0.1) is 0 Å². The van der Waals surface area contributed by atoms with Crippen LogP contribution in [0.1, 0.15) is 58.8 Å². The van der Waals surface area contributed by atoms with Gasteiger partial charge in [-0.05, 0) is 56.4 Å². The molecule has 2 nitrogen and oxygen atoms in total. The number of nitrogens with one attached hydrogen (secondary N) is 1. The van der Waals surface area contributed by atoms with Gasteiger partial charge >= 0.3 is 0 Å². The molecule has 2 fully saturated rings. The lowest BCUT2D eigenvalue weighted by atomic mass is 9.77. The minimum absolute atomic E-state index is 0.468. The van der Waals surface area contributed by atoms with E-state index in [1.54, 1.807) is 0 Å². The first-order valence-electron chi connectivity index (χ1n) is 8.02. The molecule has 106 valence electrons. The highest BCUT2D eigenvalue weighted by Crippen LogP contribution is 2.40. The number of hydrogen-bond donors (Lipinski definition) is 1. The van der Waals surface area contributed by atoms with Crippen LogP contribution in [0.5, 0.6) is 0 Å². The average molecular weight is 253 g/mol. The molecule has 2 rings (SSSR count). The molecule has 0 bridgehead atoms. The largest absolute Gasteiger partial charge is 0.380 e. The second kappa shape index (κ2) is 6.91. The Morgan fingerprint density at radius 2 is 1.67 bits per heavy atom. The van der Waals surface area contributed by atoms with E-state index in [1.807, 2.05) is 7.11 Å². The monoisotopic (exact) mass is 253 g/mol. The molecule has 0 saturated heterocycles. The first-order chi connectivity index (χ1) is 8.76. The maximum Gasteiger partial charge on any atom is 0.0755 e. The number of ether oxygens (including phenoxy) is 1. The molecule has 2 aliphatic carbocycles. The van der Waals surface area contributed by atoms with E-state index in [4.69, 9.17) is 4.74 Å². The molecule has 0 aromatic heterocycles. The summed E-state index contributed by atoms with van der Waals surface area (Å²) < 4.78 is 5.85. The van der Waals surface area contributed by atoms with Crippen LogP contribution in [-0.2, 0) is 4.74 Å². The van der Waals surface area contributed by atoms with Crippen LogP contribution in [0.15, 0.2) is 0 Å². The van der Waals surface area contributed by atoms with Gasteiger partial charge in [-0.25, -0.2) is 0 Å². The summed E-state index contributed by atoms with van der Waals surface area (Å²) in [4.78, 5) is 0. The molecule has 0 heterocycles. The third-order valence-electron chi connectivity index (χ3n) is 4.91. The van der Waals surface area contributed by atoms with Gasteiger partial charge in [0, 0.05) is 13.2 Å². The normalized spacial score (nSPS) is 32.2. The summed E-state index contributed by atoms with van der Waals surface area (Å²) in [7, 11) is 1.91. The van der Waals surface area contributed by atoms with Crippen molar-refractivity contribution in [1.29, 1.82) is 0 Å². The molecular formula is C16H31NO. The fraction of sp³-hybridized carbons (Fsp3) is 1.00. The molecule has 0 aliphatic heterocycles. The van der Waals surface area contributed by atoms with Gasteiger partial charge in [0.2, 0.25) is 0 Å². The predicted octanol–water partition coefficient (Wildman–Crippen LogP) is 3.61. The van der Waals surface area contributed by atoms with Gasteiger partial charge in [-0.1, -0.05) is 26.7 Å². The van der Waals surface area contributed by atoms with Crippen LogP contribution < -0.4 is 5.32 Å². The van der Waals surface area contributed by atoms with E-state index in [9.17, 15) is 0 Å². The smallest absolute Gasteiger partial charge is 0.0755 e. The van der Waals surface area contributed by atoms with Gasteiger partial charge in [-0.2, -0.15) is 0 Å². The zero-order chi connectivity index (χ0) is 13.0. The summed E-state index contributed by atoms with van der Waals surface area (Å²) in [5.41, 5.74) is 0.